The van der Waals surface area contributed by atoms with Crippen molar-refractivity contribution < 1.29 is 4.79 Å². The summed E-state index contributed by atoms with van der Waals surface area (Å²) in [5.74, 6) is 0.568. The first-order valence-electron chi connectivity index (χ1n) is 4.75. The van der Waals surface area contributed by atoms with Crippen LogP contribution in [-0.4, -0.2) is 21.2 Å². The molecule has 1 aromatic heterocycles. The van der Waals surface area contributed by atoms with E-state index in [0.29, 0.717) is 10.8 Å². The number of halogens is 1. The van der Waals surface area contributed by atoms with Gasteiger partial charge in [-0.3, -0.25) is 9.36 Å². The van der Waals surface area contributed by atoms with Crippen molar-refractivity contribution in [1.82, 2.24) is 9.55 Å². The number of hydrogen-bond acceptors (Lipinski definition) is 3. The molecular weight excluding hydrogens is 244 g/mol. The van der Waals surface area contributed by atoms with E-state index in [2.05, 4.69) is 4.98 Å². The van der Waals surface area contributed by atoms with E-state index in [4.69, 9.17) is 11.6 Å². The van der Waals surface area contributed by atoms with Gasteiger partial charge in [0.25, 0.3) is 0 Å². The summed E-state index contributed by atoms with van der Waals surface area (Å²) in [5, 5.41) is 1.43. The minimum atomic E-state index is 0.0841. The Morgan fingerprint density at radius 1 is 1.44 bits per heavy atom. The van der Waals surface area contributed by atoms with E-state index in [9.17, 15) is 4.79 Å². The van der Waals surface area contributed by atoms with Crippen molar-refractivity contribution in [3.8, 4) is 11.3 Å². The normalized spacial score (nSPS) is 14.2. The first-order valence-corrected chi connectivity index (χ1v) is 6.12. The van der Waals surface area contributed by atoms with Crippen LogP contribution in [-0.2, 0) is 0 Å². The smallest absolute Gasteiger partial charge is 0.243 e. The van der Waals surface area contributed by atoms with Crippen LogP contribution in [0.15, 0.2) is 35.6 Å². The van der Waals surface area contributed by atoms with E-state index >= 15 is 0 Å². The standard InChI is InChI=1S/C11H7ClN2OS/c12-8-3-1-2-7(4-8)9-5-14-10(15)6-16-11(14)13-9/h1-5H,6H2. The van der Waals surface area contributed by atoms with Gasteiger partial charge >= 0.3 is 0 Å². The number of hydrogen-bond donors (Lipinski definition) is 0. The summed E-state index contributed by atoms with van der Waals surface area (Å²) < 4.78 is 1.60. The van der Waals surface area contributed by atoms with E-state index in [-0.39, 0.29) is 5.91 Å². The van der Waals surface area contributed by atoms with Crippen molar-refractivity contribution in [3.63, 3.8) is 0 Å². The number of nitrogens with zero attached hydrogens (tertiary/aromatic N) is 2. The van der Waals surface area contributed by atoms with Crippen molar-refractivity contribution in [3.05, 3.63) is 35.5 Å². The Bertz CT molecular complexity index is 579. The fourth-order valence-corrected chi connectivity index (χ4v) is 2.66. The number of thioether (sulfide) groups is 1. The van der Waals surface area contributed by atoms with Gasteiger partial charge in [-0.15, -0.1) is 0 Å². The molecule has 2 aromatic rings. The molecule has 0 unspecified atom stereocenters. The maximum Gasteiger partial charge on any atom is 0.243 e. The van der Waals surface area contributed by atoms with Crippen LogP contribution >= 0.6 is 23.4 Å². The lowest BCUT2D eigenvalue weighted by Gasteiger charge is -1.96. The summed E-state index contributed by atoms with van der Waals surface area (Å²) in [6.07, 6.45) is 1.77. The van der Waals surface area contributed by atoms with Gasteiger partial charge in [-0.1, -0.05) is 35.5 Å². The van der Waals surface area contributed by atoms with Crippen molar-refractivity contribution in [2.24, 2.45) is 0 Å². The predicted molar refractivity (Wildman–Crippen MR) is 64.0 cm³/mol. The second-order valence-electron chi connectivity index (χ2n) is 3.47. The first-order chi connectivity index (χ1) is 7.74. The average Bonchev–Trinajstić information content (AvgIpc) is 2.81. The van der Waals surface area contributed by atoms with Crippen molar-refractivity contribution >= 4 is 29.3 Å². The van der Waals surface area contributed by atoms with E-state index in [0.717, 1.165) is 16.4 Å². The Morgan fingerprint density at radius 3 is 3.06 bits per heavy atom. The van der Waals surface area contributed by atoms with Crippen LogP contribution in [0.1, 0.15) is 4.79 Å². The molecule has 0 saturated carbocycles. The van der Waals surface area contributed by atoms with Crippen LogP contribution in [0.25, 0.3) is 11.3 Å². The molecule has 0 aliphatic carbocycles. The van der Waals surface area contributed by atoms with Gasteiger partial charge in [-0.05, 0) is 12.1 Å². The Kier molecular flexibility index (Phi) is 2.26. The summed E-state index contributed by atoms with van der Waals surface area (Å²) in [6, 6.07) is 7.46. The van der Waals surface area contributed by atoms with Crippen molar-refractivity contribution in [2.45, 2.75) is 5.16 Å². The Morgan fingerprint density at radius 2 is 2.31 bits per heavy atom. The Hall–Kier alpha value is -1.26. The molecule has 1 aliphatic heterocycles. The van der Waals surface area contributed by atoms with Gasteiger partial charge in [0.15, 0.2) is 5.16 Å². The number of imidazole rings is 1. The number of benzene rings is 1. The molecule has 0 amide bonds. The molecule has 0 N–H and O–H groups in total. The van der Waals surface area contributed by atoms with Gasteiger partial charge in [0.1, 0.15) is 0 Å². The lowest BCUT2D eigenvalue weighted by atomic mass is 10.2. The number of fused-ring (bicyclic) bond motifs is 1. The molecule has 1 aliphatic rings. The minimum Gasteiger partial charge on any atom is -0.273 e. The molecule has 16 heavy (non-hydrogen) atoms. The quantitative estimate of drug-likeness (QED) is 0.781. The van der Waals surface area contributed by atoms with E-state index in [1.165, 1.54) is 11.8 Å². The molecular formula is C11H7ClN2OS. The van der Waals surface area contributed by atoms with Crippen molar-refractivity contribution in [2.75, 3.05) is 5.75 Å². The fraction of sp³-hybridized carbons (Fsp3) is 0.0909. The Balaban J connectivity index is 2.08. The lowest BCUT2D eigenvalue weighted by molar-refractivity contribution is 0.0939. The van der Waals surface area contributed by atoms with Crippen LogP contribution in [0.2, 0.25) is 5.02 Å². The molecule has 0 spiro atoms. The largest absolute Gasteiger partial charge is 0.273 e. The highest BCUT2D eigenvalue weighted by Crippen LogP contribution is 2.29. The van der Waals surface area contributed by atoms with Crippen molar-refractivity contribution in [1.29, 1.82) is 0 Å². The SMILES string of the molecule is O=C1CSc2nc(-c3cccc(Cl)c3)cn21. The lowest BCUT2D eigenvalue weighted by Crippen LogP contribution is -2.04. The molecule has 5 heteroatoms. The topological polar surface area (TPSA) is 34.9 Å². The molecule has 0 bridgehead atoms. The van der Waals surface area contributed by atoms with E-state index < -0.39 is 0 Å². The number of carbonyl (C=O) groups excluding carboxylic acids is 1. The van der Waals surface area contributed by atoms with Gasteiger partial charge in [0.05, 0.1) is 11.4 Å². The van der Waals surface area contributed by atoms with Crippen LogP contribution in [0.4, 0.5) is 0 Å². The molecule has 0 atom stereocenters. The number of rotatable bonds is 1. The van der Waals surface area contributed by atoms with Gasteiger partial charge in [0, 0.05) is 16.8 Å². The highest BCUT2D eigenvalue weighted by molar-refractivity contribution is 8.00. The monoisotopic (exact) mass is 250 g/mol. The molecule has 80 valence electrons. The molecule has 2 heterocycles. The maximum atomic E-state index is 11.5. The summed E-state index contributed by atoms with van der Waals surface area (Å²) in [4.78, 5) is 15.9. The highest BCUT2D eigenvalue weighted by Gasteiger charge is 2.22. The van der Waals surface area contributed by atoms with Gasteiger partial charge in [-0.25, -0.2) is 4.98 Å². The third-order valence-corrected chi connectivity index (χ3v) is 3.56. The maximum absolute atomic E-state index is 11.5. The van der Waals surface area contributed by atoms with Crippen LogP contribution in [0.3, 0.4) is 0 Å². The zero-order valence-electron chi connectivity index (χ0n) is 8.18. The first kappa shape index (κ1) is 9.93. The zero-order chi connectivity index (χ0) is 11.1. The molecule has 3 rings (SSSR count). The second kappa shape index (κ2) is 3.64. The third-order valence-electron chi connectivity index (χ3n) is 2.39. The summed E-state index contributed by atoms with van der Waals surface area (Å²) in [6.45, 7) is 0. The van der Waals surface area contributed by atoms with Crippen LogP contribution in [0, 0.1) is 0 Å². The zero-order valence-corrected chi connectivity index (χ0v) is 9.76. The highest BCUT2D eigenvalue weighted by atomic mass is 35.5. The van der Waals surface area contributed by atoms with E-state index in [1.54, 1.807) is 10.8 Å². The number of carbonyl (C=O) groups is 1. The minimum absolute atomic E-state index is 0.0841. The molecule has 0 saturated heterocycles. The molecule has 0 radical (unpaired) electrons. The second-order valence-corrected chi connectivity index (χ2v) is 4.85. The van der Waals surface area contributed by atoms with Gasteiger partial charge in [0.2, 0.25) is 5.91 Å². The van der Waals surface area contributed by atoms with Crippen LogP contribution < -0.4 is 0 Å². The average molecular weight is 251 g/mol. The summed E-state index contributed by atoms with van der Waals surface area (Å²) in [7, 11) is 0. The van der Waals surface area contributed by atoms with Crippen LogP contribution in [0.5, 0.6) is 0 Å². The summed E-state index contributed by atoms with van der Waals surface area (Å²) >= 11 is 7.38. The number of aromatic nitrogens is 2. The molecule has 0 fully saturated rings. The Labute approximate surface area is 101 Å². The van der Waals surface area contributed by atoms with Gasteiger partial charge < -0.3 is 0 Å². The predicted octanol–water partition coefficient (Wildman–Crippen LogP) is 2.95. The van der Waals surface area contributed by atoms with E-state index in [1.807, 2.05) is 24.3 Å². The third kappa shape index (κ3) is 1.54. The molecule has 3 nitrogen and oxygen atoms in total. The van der Waals surface area contributed by atoms with Gasteiger partial charge in [-0.2, -0.15) is 0 Å². The summed E-state index contributed by atoms with van der Waals surface area (Å²) in [5.41, 5.74) is 1.72. The fourth-order valence-electron chi connectivity index (χ4n) is 1.63. The molecule has 1 aromatic carbocycles.